The summed E-state index contributed by atoms with van der Waals surface area (Å²) in [6, 6.07) is 12.4. The molecule has 2 aromatic carbocycles. The number of halogens is 1. The molecular weight excluding hydrogens is 262 g/mol. The van der Waals surface area contributed by atoms with Gasteiger partial charge in [0.1, 0.15) is 12.4 Å². The summed E-state index contributed by atoms with van der Waals surface area (Å²) in [6.45, 7) is 0.0890. The largest absolute Gasteiger partial charge is 0.491 e. The summed E-state index contributed by atoms with van der Waals surface area (Å²) in [5.41, 5.74) is 0.552. The first-order chi connectivity index (χ1) is 9.58. The maximum absolute atomic E-state index is 13.5. The van der Waals surface area contributed by atoms with E-state index in [2.05, 4.69) is 0 Å². The predicted molar refractivity (Wildman–Crippen MR) is 71.8 cm³/mol. The third-order valence-electron chi connectivity index (χ3n) is 2.73. The molecule has 4 nitrogen and oxygen atoms in total. The number of esters is 1. The fourth-order valence-corrected chi connectivity index (χ4v) is 1.67. The second kappa shape index (κ2) is 6.32. The van der Waals surface area contributed by atoms with Crippen LogP contribution in [0.1, 0.15) is 15.9 Å². The van der Waals surface area contributed by atoms with E-state index in [0.717, 1.165) is 17.7 Å². The van der Waals surface area contributed by atoms with Gasteiger partial charge in [-0.05, 0) is 17.7 Å². The van der Waals surface area contributed by atoms with Gasteiger partial charge in [-0.15, -0.1) is 0 Å². The molecule has 0 aromatic heterocycles. The Hall–Kier alpha value is -2.18. The van der Waals surface area contributed by atoms with E-state index in [1.165, 1.54) is 6.07 Å². The van der Waals surface area contributed by atoms with Crippen molar-refractivity contribution in [1.82, 2.24) is 0 Å². The standard InChI is InChI=1S/C14H12BFO4/c16-13-8-11(6-7-12(13)15(18)19)14(17)20-9-10-4-2-1-3-5-10/h1-8,18-19H,9H2. The molecule has 2 N–H and O–H groups in total. The van der Waals surface area contributed by atoms with Gasteiger partial charge >= 0.3 is 13.1 Å². The van der Waals surface area contributed by atoms with E-state index in [4.69, 9.17) is 14.8 Å². The fourth-order valence-electron chi connectivity index (χ4n) is 1.67. The molecule has 0 aliphatic rings. The van der Waals surface area contributed by atoms with Crippen LogP contribution in [0.3, 0.4) is 0 Å². The number of ether oxygens (including phenoxy) is 1. The van der Waals surface area contributed by atoms with Gasteiger partial charge in [-0.2, -0.15) is 0 Å². The van der Waals surface area contributed by atoms with E-state index >= 15 is 0 Å². The van der Waals surface area contributed by atoms with Crippen LogP contribution in [-0.2, 0) is 11.3 Å². The molecule has 0 amide bonds. The lowest BCUT2D eigenvalue weighted by atomic mass is 9.79. The molecule has 6 heteroatoms. The van der Waals surface area contributed by atoms with E-state index in [9.17, 15) is 9.18 Å². The normalized spacial score (nSPS) is 10.2. The summed E-state index contributed by atoms with van der Waals surface area (Å²) < 4.78 is 18.5. The minimum atomic E-state index is -1.91. The van der Waals surface area contributed by atoms with Crippen molar-refractivity contribution in [1.29, 1.82) is 0 Å². The Labute approximate surface area is 115 Å². The molecule has 0 aliphatic heterocycles. The maximum atomic E-state index is 13.5. The molecule has 0 saturated carbocycles. The van der Waals surface area contributed by atoms with Crippen LogP contribution >= 0.6 is 0 Å². The van der Waals surface area contributed by atoms with E-state index in [0.29, 0.717) is 0 Å². The van der Waals surface area contributed by atoms with Gasteiger partial charge in [0.15, 0.2) is 0 Å². The number of hydrogen-bond acceptors (Lipinski definition) is 4. The first-order valence-electron chi connectivity index (χ1n) is 5.94. The van der Waals surface area contributed by atoms with Crippen LogP contribution in [0.5, 0.6) is 0 Å². The van der Waals surface area contributed by atoms with Gasteiger partial charge in [-0.25, -0.2) is 9.18 Å². The highest BCUT2D eigenvalue weighted by atomic mass is 19.1. The van der Waals surface area contributed by atoms with Gasteiger partial charge in [-0.1, -0.05) is 36.4 Å². The van der Waals surface area contributed by atoms with E-state index in [-0.39, 0.29) is 17.6 Å². The van der Waals surface area contributed by atoms with Crippen molar-refractivity contribution in [3.05, 3.63) is 65.5 Å². The van der Waals surface area contributed by atoms with E-state index < -0.39 is 18.9 Å². The van der Waals surface area contributed by atoms with Crippen LogP contribution in [0.15, 0.2) is 48.5 Å². The Balaban J connectivity index is 2.04. The number of carbonyl (C=O) groups excluding carboxylic acids is 1. The molecule has 0 bridgehead atoms. The molecular formula is C14H12BFO4. The van der Waals surface area contributed by atoms with Gasteiger partial charge in [0.2, 0.25) is 0 Å². The molecule has 0 unspecified atom stereocenters. The summed E-state index contributed by atoms with van der Waals surface area (Å²) >= 11 is 0. The SMILES string of the molecule is O=C(OCc1ccccc1)c1ccc(B(O)O)c(F)c1. The average Bonchev–Trinajstić information content (AvgIpc) is 2.45. The lowest BCUT2D eigenvalue weighted by molar-refractivity contribution is 0.0472. The molecule has 0 atom stereocenters. The third-order valence-corrected chi connectivity index (χ3v) is 2.73. The summed E-state index contributed by atoms with van der Waals surface area (Å²) in [4.78, 5) is 11.7. The highest BCUT2D eigenvalue weighted by Crippen LogP contribution is 2.07. The van der Waals surface area contributed by atoms with Crippen LogP contribution in [0.2, 0.25) is 0 Å². The summed E-state index contributed by atoms with van der Waals surface area (Å²) in [5, 5.41) is 17.8. The molecule has 0 saturated heterocycles. The minimum Gasteiger partial charge on any atom is -0.457 e. The number of carbonyl (C=O) groups is 1. The molecule has 102 valence electrons. The highest BCUT2D eigenvalue weighted by Gasteiger charge is 2.18. The second-order valence-electron chi connectivity index (χ2n) is 4.17. The Morgan fingerprint density at radius 3 is 2.45 bits per heavy atom. The molecule has 0 heterocycles. The van der Waals surface area contributed by atoms with Crippen LogP contribution in [-0.4, -0.2) is 23.1 Å². The van der Waals surface area contributed by atoms with Crippen molar-refractivity contribution in [2.24, 2.45) is 0 Å². The van der Waals surface area contributed by atoms with Gasteiger partial charge in [0, 0.05) is 5.46 Å². The van der Waals surface area contributed by atoms with Crippen LogP contribution in [0, 0.1) is 5.82 Å². The van der Waals surface area contributed by atoms with E-state index in [1.807, 2.05) is 18.2 Å². The molecule has 20 heavy (non-hydrogen) atoms. The Morgan fingerprint density at radius 2 is 1.85 bits per heavy atom. The number of rotatable bonds is 4. The third kappa shape index (κ3) is 3.43. The van der Waals surface area contributed by atoms with Crippen LogP contribution in [0.4, 0.5) is 4.39 Å². The molecule has 2 rings (SSSR count). The van der Waals surface area contributed by atoms with Crippen molar-refractivity contribution >= 4 is 18.6 Å². The second-order valence-corrected chi connectivity index (χ2v) is 4.17. The maximum Gasteiger partial charge on any atom is 0.491 e. The molecule has 0 spiro atoms. The van der Waals surface area contributed by atoms with Crippen LogP contribution in [0.25, 0.3) is 0 Å². The Bertz CT molecular complexity index is 601. The van der Waals surface area contributed by atoms with Crippen molar-refractivity contribution in [3.8, 4) is 0 Å². The molecule has 0 fully saturated rings. The smallest absolute Gasteiger partial charge is 0.457 e. The fraction of sp³-hybridized carbons (Fsp3) is 0.0714. The lowest BCUT2D eigenvalue weighted by Gasteiger charge is -2.07. The topological polar surface area (TPSA) is 66.8 Å². The lowest BCUT2D eigenvalue weighted by Crippen LogP contribution is -2.32. The molecule has 0 radical (unpaired) electrons. The van der Waals surface area contributed by atoms with Crippen molar-refractivity contribution < 1.29 is 24.0 Å². The summed E-state index contributed by atoms with van der Waals surface area (Å²) in [6.07, 6.45) is 0. The van der Waals surface area contributed by atoms with Crippen LogP contribution < -0.4 is 5.46 Å². The Morgan fingerprint density at radius 1 is 1.15 bits per heavy atom. The molecule has 0 aliphatic carbocycles. The summed E-state index contributed by atoms with van der Waals surface area (Å²) in [5.74, 6) is -1.54. The van der Waals surface area contributed by atoms with Crippen molar-refractivity contribution in [2.75, 3.05) is 0 Å². The average molecular weight is 274 g/mol. The zero-order valence-electron chi connectivity index (χ0n) is 10.5. The van der Waals surface area contributed by atoms with Gasteiger partial charge in [0.25, 0.3) is 0 Å². The van der Waals surface area contributed by atoms with Gasteiger partial charge in [-0.3, -0.25) is 0 Å². The highest BCUT2D eigenvalue weighted by molar-refractivity contribution is 6.58. The predicted octanol–water partition coefficient (Wildman–Crippen LogP) is 0.862. The monoisotopic (exact) mass is 274 g/mol. The summed E-state index contributed by atoms with van der Waals surface area (Å²) in [7, 11) is -1.91. The van der Waals surface area contributed by atoms with Gasteiger partial charge < -0.3 is 14.8 Å². The number of hydrogen-bond donors (Lipinski definition) is 2. The van der Waals surface area contributed by atoms with Gasteiger partial charge in [0.05, 0.1) is 5.56 Å². The zero-order chi connectivity index (χ0) is 14.5. The van der Waals surface area contributed by atoms with Crippen molar-refractivity contribution in [2.45, 2.75) is 6.61 Å². The van der Waals surface area contributed by atoms with Crippen molar-refractivity contribution in [3.63, 3.8) is 0 Å². The first kappa shape index (κ1) is 14.2. The Kier molecular flexibility index (Phi) is 4.50. The quantitative estimate of drug-likeness (QED) is 0.641. The minimum absolute atomic E-state index is 0.0165. The first-order valence-corrected chi connectivity index (χ1v) is 5.94. The number of benzene rings is 2. The zero-order valence-corrected chi connectivity index (χ0v) is 10.5. The van der Waals surface area contributed by atoms with E-state index in [1.54, 1.807) is 12.1 Å². The molecule has 2 aromatic rings.